The average Bonchev–Trinajstić information content (AvgIpc) is 3.58. The molecule has 0 aliphatic heterocycles. The van der Waals surface area contributed by atoms with E-state index in [-0.39, 0.29) is 10.3 Å². The summed E-state index contributed by atoms with van der Waals surface area (Å²) in [5.74, 6) is 1.63. The molecule has 1 N–H and O–H groups in total. The number of benzene rings is 6. The van der Waals surface area contributed by atoms with Crippen LogP contribution in [0.3, 0.4) is 0 Å². The Morgan fingerprint density at radius 1 is 0.540 bits per heavy atom. The Bertz CT molecular complexity index is 2700. The second-order valence-electron chi connectivity index (χ2n) is 13.2. The minimum absolute atomic E-state index is 0.152. The van der Waals surface area contributed by atoms with Crippen LogP contribution >= 0.6 is 0 Å². The number of hydrogen-bond acceptors (Lipinski definition) is 5. The van der Waals surface area contributed by atoms with E-state index in [1.54, 1.807) is 6.07 Å². The van der Waals surface area contributed by atoms with Crippen molar-refractivity contribution in [3.63, 3.8) is 0 Å². The maximum absolute atomic E-state index is 12.0. The first-order valence-corrected chi connectivity index (χ1v) is 17.8. The minimum Gasteiger partial charge on any atom is -0.282 e. The molecule has 8 heteroatoms. The maximum Gasteiger partial charge on any atom is 0.294 e. The van der Waals surface area contributed by atoms with E-state index in [1.165, 1.54) is 34.4 Å². The van der Waals surface area contributed by atoms with Gasteiger partial charge in [0.15, 0.2) is 11.6 Å². The summed E-state index contributed by atoms with van der Waals surface area (Å²) in [5, 5.41) is 1.98. The highest BCUT2D eigenvalue weighted by Gasteiger charge is 2.36. The van der Waals surface area contributed by atoms with Crippen LogP contribution in [0.15, 0.2) is 144 Å². The summed E-state index contributed by atoms with van der Waals surface area (Å²) in [5.41, 5.74) is 9.76. The van der Waals surface area contributed by atoms with Crippen LogP contribution in [-0.2, 0) is 15.5 Å². The Labute approximate surface area is 289 Å². The fraction of sp³-hybridized carbons (Fsp3) is 0.0714. The lowest BCUT2D eigenvalue weighted by Gasteiger charge is -2.21. The third-order valence-electron chi connectivity index (χ3n) is 9.82. The van der Waals surface area contributed by atoms with Gasteiger partial charge < -0.3 is 0 Å². The summed E-state index contributed by atoms with van der Waals surface area (Å²) in [6, 6.07) is 45.4. The summed E-state index contributed by atoms with van der Waals surface area (Å²) in [6.07, 6.45) is 0. The Hall–Kier alpha value is -5.96. The first-order chi connectivity index (χ1) is 24.2. The number of rotatable bonds is 5. The predicted molar refractivity (Wildman–Crippen MR) is 198 cm³/mol. The third kappa shape index (κ3) is 4.75. The molecule has 2 heterocycles. The van der Waals surface area contributed by atoms with Gasteiger partial charge in [-0.05, 0) is 69.8 Å². The van der Waals surface area contributed by atoms with Gasteiger partial charge in [-0.2, -0.15) is 18.4 Å². The standard InChI is InChI=1S/C42H30N4O3S/c1-42(2)35-19-10-9-18-31(35)32-24-34-33-23-29(28-16-11-17-30(22-28)50(47,48)49)20-21-37(33)46(38(34)25-36(32)42)41-44-39(26-12-5-3-6-13-26)43-40(45-41)27-14-7-4-8-15-27/h3-25H,1-2H3,(H,47,48,49). The molecular weight excluding hydrogens is 641 g/mol. The van der Waals surface area contributed by atoms with Gasteiger partial charge in [0, 0.05) is 27.3 Å². The number of fused-ring (bicyclic) bond motifs is 6. The zero-order chi connectivity index (χ0) is 34.2. The summed E-state index contributed by atoms with van der Waals surface area (Å²) >= 11 is 0. The smallest absolute Gasteiger partial charge is 0.282 e. The highest BCUT2D eigenvalue weighted by atomic mass is 32.2. The minimum atomic E-state index is -4.37. The van der Waals surface area contributed by atoms with E-state index in [1.807, 2.05) is 78.9 Å². The SMILES string of the molecule is CC1(C)c2ccccc2-c2cc3c4cc(-c5cccc(S(=O)(=O)O)c5)ccc4n(-c4nc(-c5ccccc5)nc(-c5ccccc5)n4)c3cc21. The Morgan fingerprint density at radius 3 is 1.82 bits per heavy atom. The zero-order valence-corrected chi connectivity index (χ0v) is 28.1. The lowest BCUT2D eigenvalue weighted by atomic mass is 9.82. The first kappa shape index (κ1) is 30.1. The van der Waals surface area contributed by atoms with Crippen LogP contribution in [0, 0.1) is 0 Å². The molecule has 0 atom stereocenters. The Kier molecular flexibility index (Phi) is 6.65. The van der Waals surface area contributed by atoms with Gasteiger partial charge in [-0.1, -0.05) is 117 Å². The molecule has 50 heavy (non-hydrogen) atoms. The molecule has 6 aromatic carbocycles. The van der Waals surface area contributed by atoms with Gasteiger partial charge in [-0.25, -0.2) is 4.98 Å². The second kappa shape index (κ2) is 11.0. The van der Waals surface area contributed by atoms with Crippen LogP contribution in [0.1, 0.15) is 25.0 Å². The van der Waals surface area contributed by atoms with Crippen LogP contribution in [-0.4, -0.2) is 32.5 Å². The van der Waals surface area contributed by atoms with Crippen molar-refractivity contribution in [3.8, 4) is 51.0 Å². The molecule has 1 aliphatic rings. The van der Waals surface area contributed by atoms with Crippen molar-refractivity contribution in [1.29, 1.82) is 0 Å². The summed E-state index contributed by atoms with van der Waals surface area (Å²) in [6.45, 7) is 4.53. The monoisotopic (exact) mass is 670 g/mol. The van der Waals surface area contributed by atoms with Crippen LogP contribution in [0.4, 0.5) is 0 Å². The second-order valence-corrected chi connectivity index (χ2v) is 14.6. The molecule has 0 saturated heterocycles. The van der Waals surface area contributed by atoms with Crippen LogP contribution in [0.5, 0.6) is 0 Å². The topological polar surface area (TPSA) is 98.0 Å². The molecule has 0 bridgehead atoms. The van der Waals surface area contributed by atoms with E-state index in [0.29, 0.717) is 23.2 Å². The molecular formula is C42H30N4O3S. The van der Waals surface area contributed by atoms with Crippen molar-refractivity contribution in [2.24, 2.45) is 0 Å². The summed E-state index contributed by atoms with van der Waals surface area (Å²) < 4.78 is 35.9. The van der Waals surface area contributed by atoms with Crippen LogP contribution < -0.4 is 0 Å². The van der Waals surface area contributed by atoms with E-state index < -0.39 is 10.1 Å². The third-order valence-corrected chi connectivity index (χ3v) is 10.7. The Morgan fingerprint density at radius 2 is 1.14 bits per heavy atom. The normalized spacial score (nSPS) is 13.4. The molecule has 8 aromatic rings. The number of nitrogens with zero attached hydrogens (tertiary/aromatic N) is 4. The van der Waals surface area contributed by atoms with Gasteiger partial charge in [0.2, 0.25) is 5.95 Å². The summed E-state index contributed by atoms with van der Waals surface area (Å²) in [4.78, 5) is 15.0. The van der Waals surface area contributed by atoms with Crippen molar-refractivity contribution in [3.05, 3.63) is 151 Å². The highest BCUT2D eigenvalue weighted by Crippen LogP contribution is 2.51. The van der Waals surface area contributed by atoms with Crippen molar-refractivity contribution in [2.45, 2.75) is 24.2 Å². The quantitative estimate of drug-likeness (QED) is 0.183. The van der Waals surface area contributed by atoms with E-state index in [0.717, 1.165) is 38.5 Å². The van der Waals surface area contributed by atoms with E-state index in [2.05, 4.69) is 60.9 Å². The highest BCUT2D eigenvalue weighted by molar-refractivity contribution is 7.85. The zero-order valence-electron chi connectivity index (χ0n) is 27.2. The number of aromatic nitrogens is 4. The molecule has 1 aliphatic carbocycles. The molecule has 242 valence electrons. The molecule has 0 spiro atoms. The van der Waals surface area contributed by atoms with Crippen molar-refractivity contribution in [1.82, 2.24) is 19.5 Å². The van der Waals surface area contributed by atoms with Crippen molar-refractivity contribution < 1.29 is 13.0 Å². The first-order valence-electron chi connectivity index (χ1n) is 16.3. The fourth-order valence-corrected chi connectivity index (χ4v) is 7.87. The molecule has 2 aromatic heterocycles. The van der Waals surface area contributed by atoms with E-state index in [4.69, 9.17) is 15.0 Å². The molecule has 7 nitrogen and oxygen atoms in total. The molecule has 0 radical (unpaired) electrons. The van der Waals surface area contributed by atoms with Gasteiger partial charge in [0.1, 0.15) is 0 Å². The maximum atomic E-state index is 12.0. The summed E-state index contributed by atoms with van der Waals surface area (Å²) in [7, 11) is -4.37. The van der Waals surface area contributed by atoms with Crippen molar-refractivity contribution >= 4 is 31.9 Å². The van der Waals surface area contributed by atoms with Gasteiger partial charge >= 0.3 is 0 Å². The van der Waals surface area contributed by atoms with Gasteiger partial charge in [-0.3, -0.25) is 9.12 Å². The molecule has 9 rings (SSSR count). The largest absolute Gasteiger partial charge is 0.294 e. The van der Waals surface area contributed by atoms with Crippen molar-refractivity contribution in [2.75, 3.05) is 0 Å². The van der Waals surface area contributed by atoms with Gasteiger partial charge in [0.05, 0.1) is 15.9 Å². The lowest BCUT2D eigenvalue weighted by Crippen LogP contribution is -2.15. The lowest BCUT2D eigenvalue weighted by molar-refractivity contribution is 0.483. The average molecular weight is 671 g/mol. The fourth-order valence-electron chi connectivity index (χ4n) is 7.34. The molecule has 0 unspecified atom stereocenters. The van der Waals surface area contributed by atoms with Crippen LogP contribution in [0.2, 0.25) is 0 Å². The molecule has 0 saturated carbocycles. The van der Waals surface area contributed by atoms with E-state index in [9.17, 15) is 13.0 Å². The van der Waals surface area contributed by atoms with Gasteiger partial charge in [0.25, 0.3) is 10.1 Å². The Balaban J connectivity index is 1.37. The predicted octanol–water partition coefficient (Wildman–Crippen LogP) is 9.52. The van der Waals surface area contributed by atoms with Gasteiger partial charge in [-0.15, -0.1) is 0 Å². The number of hydrogen-bond donors (Lipinski definition) is 1. The molecule has 0 fully saturated rings. The van der Waals surface area contributed by atoms with E-state index >= 15 is 0 Å². The molecule has 0 amide bonds. The van der Waals surface area contributed by atoms with Crippen LogP contribution in [0.25, 0.3) is 72.8 Å².